The zero-order valence-corrected chi connectivity index (χ0v) is 15.7. The first kappa shape index (κ1) is 16.5. The van der Waals surface area contributed by atoms with Crippen LogP contribution in [0.3, 0.4) is 0 Å². The maximum absolute atomic E-state index is 12.6. The zero-order valence-electron chi connectivity index (χ0n) is 14.1. The highest BCUT2D eigenvalue weighted by Crippen LogP contribution is 2.30. The normalized spacial score (nSPS) is 15.4. The molecular formula is C18H20N4OS2. The Labute approximate surface area is 154 Å². The first-order chi connectivity index (χ1) is 12.2. The first-order valence-corrected chi connectivity index (χ1v) is 10.3. The molecule has 130 valence electrons. The fourth-order valence-corrected chi connectivity index (χ4v) is 4.77. The Morgan fingerprint density at radius 3 is 2.88 bits per heavy atom. The van der Waals surface area contributed by atoms with E-state index in [4.69, 9.17) is 4.98 Å². The molecule has 1 aliphatic carbocycles. The molecule has 3 aromatic rings. The lowest BCUT2D eigenvalue weighted by Crippen LogP contribution is -2.25. The molecule has 0 saturated heterocycles. The number of nitrogens with one attached hydrogen (secondary N) is 1. The molecule has 0 aliphatic heterocycles. The third-order valence-electron chi connectivity index (χ3n) is 4.51. The molecule has 25 heavy (non-hydrogen) atoms. The van der Waals surface area contributed by atoms with E-state index in [1.807, 2.05) is 29.8 Å². The van der Waals surface area contributed by atoms with Crippen LogP contribution in [0.5, 0.6) is 0 Å². The van der Waals surface area contributed by atoms with Crippen LogP contribution in [0.1, 0.15) is 37.8 Å². The van der Waals surface area contributed by atoms with E-state index in [1.54, 1.807) is 16.0 Å². The minimum absolute atomic E-state index is 0.107. The van der Waals surface area contributed by atoms with Crippen molar-refractivity contribution in [2.75, 3.05) is 5.32 Å². The summed E-state index contributed by atoms with van der Waals surface area (Å²) >= 11 is 3.20. The standard InChI is InChI=1S/C18H20N4OS2/c1-12-10-16(20-17(23)13-6-3-2-4-7-13)22(21-12)18-19-14(11-25-18)15-8-5-9-24-15/h5,8-11,13H,2-4,6-7H2,1H3,(H,20,23). The number of aromatic nitrogens is 3. The number of aryl methyl sites for hydroxylation is 1. The van der Waals surface area contributed by atoms with Crippen LogP contribution < -0.4 is 5.32 Å². The molecule has 0 atom stereocenters. The van der Waals surface area contributed by atoms with Crippen LogP contribution in [0.15, 0.2) is 29.0 Å². The number of rotatable bonds is 4. The van der Waals surface area contributed by atoms with E-state index in [-0.39, 0.29) is 11.8 Å². The molecule has 7 heteroatoms. The molecular weight excluding hydrogens is 352 g/mol. The SMILES string of the molecule is Cc1cc(NC(=O)C2CCCCC2)n(-c2nc(-c3cccs3)cs2)n1. The van der Waals surface area contributed by atoms with Crippen LogP contribution in [0.25, 0.3) is 15.7 Å². The number of carbonyl (C=O) groups is 1. The highest BCUT2D eigenvalue weighted by molar-refractivity contribution is 7.15. The summed E-state index contributed by atoms with van der Waals surface area (Å²) in [5.74, 6) is 0.937. The van der Waals surface area contributed by atoms with Crippen molar-refractivity contribution in [3.63, 3.8) is 0 Å². The van der Waals surface area contributed by atoms with Gasteiger partial charge in [0.1, 0.15) is 5.82 Å². The Kier molecular flexibility index (Phi) is 4.67. The van der Waals surface area contributed by atoms with Crippen molar-refractivity contribution in [3.8, 4) is 15.7 Å². The number of anilines is 1. The van der Waals surface area contributed by atoms with Crippen LogP contribution in [-0.2, 0) is 4.79 Å². The summed E-state index contributed by atoms with van der Waals surface area (Å²) in [6, 6.07) is 5.99. The molecule has 1 aliphatic rings. The summed E-state index contributed by atoms with van der Waals surface area (Å²) in [7, 11) is 0. The van der Waals surface area contributed by atoms with E-state index in [9.17, 15) is 4.79 Å². The Hall–Kier alpha value is -1.99. The molecule has 0 spiro atoms. The molecule has 0 aromatic carbocycles. The molecule has 0 radical (unpaired) electrons. The monoisotopic (exact) mass is 372 g/mol. The van der Waals surface area contributed by atoms with Crippen molar-refractivity contribution < 1.29 is 4.79 Å². The van der Waals surface area contributed by atoms with Gasteiger partial charge in [0.15, 0.2) is 0 Å². The predicted molar refractivity (Wildman–Crippen MR) is 102 cm³/mol. The summed E-state index contributed by atoms with van der Waals surface area (Å²) in [5, 5.41) is 12.5. The summed E-state index contributed by atoms with van der Waals surface area (Å²) in [5.41, 5.74) is 1.82. The number of hydrogen-bond donors (Lipinski definition) is 1. The van der Waals surface area contributed by atoms with Gasteiger partial charge < -0.3 is 5.32 Å². The van der Waals surface area contributed by atoms with Crippen molar-refractivity contribution in [2.45, 2.75) is 39.0 Å². The molecule has 1 saturated carbocycles. The fourth-order valence-electron chi connectivity index (χ4n) is 3.23. The number of thiophene rings is 1. The number of hydrogen-bond acceptors (Lipinski definition) is 5. The minimum atomic E-state index is 0.107. The third kappa shape index (κ3) is 3.52. The molecule has 1 N–H and O–H groups in total. The van der Waals surface area contributed by atoms with E-state index in [0.29, 0.717) is 5.82 Å². The maximum Gasteiger partial charge on any atom is 0.228 e. The lowest BCUT2D eigenvalue weighted by atomic mass is 9.89. The second-order valence-electron chi connectivity index (χ2n) is 6.40. The lowest BCUT2D eigenvalue weighted by Gasteiger charge is -2.20. The molecule has 1 fully saturated rings. The van der Waals surface area contributed by atoms with Crippen LogP contribution in [0, 0.1) is 12.8 Å². The Morgan fingerprint density at radius 2 is 2.12 bits per heavy atom. The van der Waals surface area contributed by atoms with Crippen molar-refractivity contribution >= 4 is 34.4 Å². The Balaban J connectivity index is 1.57. The average molecular weight is 373 g/mol. The number of thiazole rings is 1. The van der Waals surface area contributed by atoms with Crippen LogP contribution >= 0.6 is 22.7 Å². The Morgan fingerprint density at radius 1 is 1.28 bits per heavy atom. The molecule has 5 nitrogen and oxygen atoms in total. The topological polar surface area (TPSA) is 59.8 Å². The summed E-state index contributed by atoms with van der Waals surface area (Å²) < 4.78 is 1.75. The summed E-state index contributed by atoms with van der Waals surface area (Å²) in [4.78, 5) is 18.4. The van der Waals surface area contributed by atoms with E-state index >= 15 is 0 Å². The van der Waals surface area contributed by atoms with Gasteiger partial charge in [-0.1, -0.05) is 25.3 Å². The van der Waals surface area contributed by atoms with Gasteiger partial charge in [-0.25, -0.2) is 4.98 Å². The van der Waals surface area contributed by atoms with Crippen molar-refractivity contribution in [1.82, 2.24) is 14.8 Å². The molecule has 0 unspecified atom stereocenters. The molecule has 4 rings (SSSR count). The Bertz CT molecular complexity index is 860. The highest BCUT2D eigenvalue weighted by Gasteiger charge is 2.23. The lowest BCUT2D eigenvalue weighted by molar-refractivity contribution is -0.120. The first-order valence-electron chi connectivity index (χ1n) is 8.58. The molecule has 0 bridgehead atoms. The van der Waals surface area contributed by atoms with Gasteiger partial charge in [-0.3, -0.25) is 4.79 Å². The van der Waals surface area contributed by atoms with Gasteiger partial charge in [0.25, 0.3) is 0 Å². The van der Waals surface area contributed by atoms with Crippen LogP contribution in [0.4, 0.5) is 5.82 Å². The largest absolute Gasteiger partial charge is 0.310 e. The minimum Gasteiger partial charge on any atom is -0.310 e. The average Bonchev–Trinajstić information content (AvgIpc) is 3.35. The number of carbonyl (C=O) groups excluding carboxylic acids is 1. The maximum atomic E-state index is 12.6. The van der Waals surface area contributed by atoms with Crippen molar-refractivity contribution in [3.05, 3.63) is 34.7 Å². The zero-order chi connectivity index (χ0) is 17.2. The fraction of sp³-hybridized carbons (Fsp3) is 0.389. The van der Waals surface area contributed by atoms with Gasteiger partial charge in [-0.2, -0.15) is 9.78 Å². The number of nitrogens with zero attached hydrogens (tertiary/aromatic N) is 3. The quantitative estimate of drug-likeness (QED) is 0.710. The van der Waals surface area contributed by atoms with Gasteiger partial charge in [-0.05, 0) is 31.2 Å². The van der Waals surface area contributed by atoms with Gasteiger partial charge in [0, 0.05) is 17.4 Å². The van der Waals surface area contributed by atoms with Crippen molar-refractivity contribution in [1.29, 1.82) is 0 Å². The highest BCUT2D eigenvalue weighted by atomic mass is 32.1. The van der Waals surface area contributed by atoms with E-state index < -0.39 is 0 Å². The van der Waals surface area contributed by atoms with E-state index in [1.165, 1.54) is 17.8 Å². The van der Waals surface area contributed by atoms with E-state index in [0.717, 1.165) is 47.1 Å². The van der Waals surface area contributed by atoms with Crippen LogP contribution in [-0.4, -0.2) is 20.7 Å². The summed E-state index contributed by atoms with van der Waals surface area (Å²) in [6.07, 6.45) is 5.50. The van der Waals surface area contributed by atoms with Crippen LogP contribution in [0.2, 0.25) is 0 Å². The van der Waals surface area contributed by atoms with Gasteiger partial charge in [-0.15, -0.1) is 22.7 Å². The van der Waals surface area contributed by atoms with E-state index in [2.05, 4.69) is 16.5 Å². The molecule has 3 aromatic heterocycles. The third-order valence-corrected chi connectivity index (χ3v) is 6.21. The van der Waals surface area contributed by atoms with Gasteiger partial charge in [0.2, 0.25) is 11.0 Å². The van der Waals surface area contributed by atoms with Crippen molar-refractivity contribution in [2.24, 2.45) is 5.92 Å². The summed E-state index contributed by atoms with van der Waals surface area (Å²) in [6.45, 7) is 1.93. The van der Waals surface area contributed by atoms with Gasteiger partial charge >= 0.3 is 0 Å². The smallest absolute Gasteiger partial charge is 0.228 e. The second kappa shape index (κ2) is 7.09. The molecule has 3 heterocycles. The predicted octanol–water partition coefficient (Wildman–Crippen LogP) is 4.88. The second-order valence-corrected chi connectivity index (χ2v) is 8.18. The number of amides is 1. The van der Waals surface area contributed by atoms with Gasteiger partial charge in [0.05, 0.1) is 16.3 Å². The molecule has 1 amide bonds.